The van der Waals surface area contributed by atoms with E-state index in [9.17, 15) is 18.0 Å². The molecule has 0 aliphatic carbocycles. The Kier molecular flexibility index (Phi) is 9.81. The number of likely N-dealkylation sites (N-methyl/N-ethyl adjacent to an activating group) is 1. The summed E-state index contributed by atoms with van der Waals surface area (Å²) >= 11 is 6.48. The molecule has 0 fully saturated rings. The number of hydrogen-bond acceptors (Lipinski definition) is 4. The number of aryl methyl sites for hydroxylation is 1. The molecule has 0 unspecified atom stereocenters. The average Bonchev–Trinajstić information content (AvgIpc) is 2.99. The Morgan fingerprint density at radius 2 is 1.41 bits per heavy atom. The average molecular weight is 590 g/mol. The third-order valence-electron chi connectivity index (χ3n) is 6.75. The van der Waals surface area contributed by atoms with Crippen molar-refractivity contribution in [1.29, 1.82) is 0 Å². The van der Waals surface area contributed by atoms with E-state index in [1.165, 1.54) is 24.1 Å². The molecule has 0 aliphatic heterocycles. The van der Waals surface area contributed by atoms with Crippen molar-refractivity contribution >= 4 is 39.1 Å². The molecular formula is C32H32ClN3O4S. The molecule has 0 heterocycles. The zero-order valence-electron chi connectivity index (χ0n) is 22.9. The van der Waals surface area contributed by atoms with E-state index in [2.05, 4.69) is 5.32 Å². The molecule has 0 aliphatic rings. The SMILES string of the molecule is CNC(=O)[C@H](Cc1ccccc1)N(Cc1ccccc1Cl)C(=O)CN(c1ccc(C)cc1)S(=O)(=O)c1ccccc1. The molecule has 212 valence electrons. The van der Waals surface area contributed by atoms with Crippen LogP contribution in [0.15, 0.2) is 114 Å². The van der Waals surface area contributed by atoms with Gasteiger partial charge in [0.05, 0.1) is 10.6 Å². The second kappa shape index (κ2) is 13.5. The molecule has 1 atom stereocenters. The van der Waals surface area contributed by atoms with Crippen molar-refractivity contribution in [1.82, 2.24) is 10.2 Å². The fourth-order valence-corrected chi connectivity index (χ4v) is 6.12. The number of nitrogens with zero attached hydrogens (tertiary/aromatic N) is 2. The fraction of sp³-hybridized carbons (Fsp3) is 0.188. The largest absolute Gasteiger partial charge is 0.357 e. The number of amides is 2. The smallest absolute Gasteiger partial charge is 0.264 e. The molecule has 7 nitrogen and oxygen atoms in total. The lowest BCUT2D eigenvalue weighted by atomic mass is 10.0. The zero-order chi connectivity index (χ0) is 29.4. The quantitative estimate of drug-likeness (QED) is 0.260. The highest BCUT2D eigenvalue weighted by Gasteiger charge is 2.34. The maximum absolute atomic E-state index is 14.2. The molecule has 0 aromatic heterocycles. The van der Waals surface area contributed by atoms with E-state index in [-0.39, 0.29) is 23.8 Å². The number of rotatable bonds is 11. The van der Waals surface area contributed by atoms with Gasteiger partial charge in [0, 0.05) is 25.0 Å². The van der Waals surface area contributed by atoms with Crippen molar-refractivity contribution < 1.29 is 18.0 Å². The van der Waals surface area contributed by atoms with Gasteiger partial charge in [-0.25, -0.2) is 8.42 Å². The summed E-state index contributed by atoms with van der Waals surface area (Å²) in [5.41, 5.74) is 2.77. The van der Waals surface area contributed by atoms with Crippen LogP contribution in [0.2, 0.25) is 5.02 Å². The van der Waals surface area contributed by atoms with E-state index in [0.29, 0.717) is 16.3 Å². The van der Waals surface area contributed by atoms with Gasteiger partial charge in [0.25, 0.3) is 10.0 Å². The highest BCUT2D eigenvalue weighted by Crippen LogP contribution is 2.26. The molecule has 9 heteroatoms. The molecule has 0 saturated carbocycles. The Bertz CT molecular complexity index is 1580. The Morgan fingerprint density at radius 1 is 0.829 bits per heavy atom. The van der Waals surface area contributed by atoms with Crippen LogP contribution < -0.4 is 9.62 Å². The summed E-state index contributed by atoms with van der Waals surface area (Å²) < 4.78 is 28.9. The van der Waals surface area contributed by atoms with Gasteiger partial charge in [0.2, 0.25) is 11.8 Å². The van der Waals surface area contributed by atoms with E-state index in [0.717, 1.165) is 15.4 Å². The molecule has 4 aromatic carbocycles. The fourth-order valence-electron chi connectivity index (χ4n) is 4.49. The predicted molar refractivity (Wildman–Crippen MR) is 162 cm³/mol. The third kappa shape index (κ3) is 7.34. The minimum atomic E-state index is -4.13. The van der Waals surface area contributed by atoms with Gasteiger partial charge in [-0.15, -0.1) is 0 Å². The maximum atomic E-state index is 14.2. The van der Waals surface area contributed by atoms with Crippen LogP contribution in [0.1, 0.15) is 16.7 Å². The first-order chi connectivity index (χ1) is 19.7. The first-order valence-electron chi connectivity index (χ1n) is 13.1. The van der Waals surface area contributed by atoms with Gasteiger partial charge in [-0.2, -0.15) is 0 Å². The van der Waals surface area contributed by atoms with Crippen LogP contribution in [-0.4, -0.2) is 44.8 Å². The van der Waals surface area contributed by atoms with Crippen molar-refractivity contribution in [3.05, 3.63) is 131 Å². The van der Waals surface area contributed by atoms with Crippen LogP contribution in [0.5, 0.6) is 0 Å². The number of nitrogens with one attached hydrogen (secondary N) is 1. The Morgan fingerprint density at radius 3 is 2.02 bits per heavy atom. The van der Waals surface area contributed by atoms with Gasteiger partial charge in [0.15, 0.2) is 0 Å². The predicted octanol–water partition coefficient (Wildman–Crippen LogP) is 5.23. The van der Waals surface area contributed by atoms with Gasteiger partial charge in [0.1, 0.15) is 12.6 Å². The summed E-state index contributed by atoms with van der Waals surface area (Å²) in [6.45, 7) is 1.39. The van der Waals surface area contributed by atoms with Gasteiger partial charge >= 0.3 is 0 Å². The molecule has 1 N–H and O–H groups in total. The Labute approximate surface area is 246 Å². The van der Waals surface area contributed by atoms with Crippen molar-refractivity contribution in [3.63, 3.8) is 0 Å². The zero-order valence-corrected chi connectivity index (χ0v) is 24.5. The number of benzene rings is 4. The summed E-state index contributed by atoms with van der Waals surface area (Å²) in [4.78, 5) is 29.0. The van der Waals surface area contributed by atoms with Crippen molar-refractivity contribution in [2.24, 2.45) is 0 Å². The number of carbonyl (C=O) groups excluding carboxylic acids is 2. The number of carbonyl (C=O) groups is 2. The third-order valence-corrected chi connectivity index (χ3v) is 8.90. The Balaban J connectivity index is 1.78. The molecule has 4 rings (SSSR count). The maximum Gasteiger partial charge on any atom is 0.264 e. The number of sulfonamides is 1. The first kappa shape index (κ1) is 29.8. The van der Waals surface area contributed by atoms with E-state index in [1.54, 1.807) is 66.7 Å². The van der Waals surface area contributed by atoms with Crippen LogP contribution in [0, 0.1) is 6.92 Å². The lowest BCUT2D eigenvalue weighted by Crippen LogP contribution is -2.53. The molecule has 0 spiro atoms. The molecule has 0 saturated heterocycles. The molecule has 4 aromatic rings. The van der Waals surface area contributed by atoms with Gasteiger partial charge < -0.3 is 10.2 Å². The standard InChI is InChI=1S/C32H32ClN3O4S/c1-24-17-19-27(20-18-24)36(41(39,40)28-14-7-4-8-15-28)23-31(37)35(22-26-13-9-10-16-29(26)33)30(32(38)34-2)21-25-11-5-3-6-12-25/h3-20,30H,21-23H2,1-2H3,(H,34,38)/t30-/m0/s1. The molecular weight excluding hydrogens is 558 g/mol. The van der Waals surface area contributed by atoms with Gasteiger partial charge in [-0.3, -0.25) is 13.9 Å². The van der Waals surface area contributed by atoms with Gasteiger partial charge in [-0.1, -0.05) is 96.0 Å². The van der Waals surface area contributed by atoms with E-state index in [4.69, 9.17) is 11.6 Å². The summed E-state index contributed by atoms with van der Waals surface area (Å²) in [6, 6.07) is 30.4. The van der Waals surface area contributed by atoms with Crippen LogP contribution in [0.4, 0.5) is 5.69 Å². The Hall–Kier alpha value is -4.14. The van der Waals surface area contributed by atoms with E-state index >= 15 is 0 Å². The normalized spacial score (nSPS) is 11.9. The number of halogens is 1. The first-order valence-corrected chi connectivity index (χ1v) is 15.0. The lowest BCUT2D eigenvalue weighted by molar-refractivity contribution is -0.139. The molecule has 41 heavy (non-hydrogen) atoms. The molecule has 2 amide bonds. The summed E-state index contributed by atoms with van der Waals surface area (Å²) in [7, 11) is -2.62. The minimum absolute atomic E-state index is 0.0105. The van der Waals surface area contributed by atoms with Crippen molar-refractivity contribution in [2.45, 2.75) is 30.8 Å². The van der Waals surface area contributed by atoms with Gasteiger partial charge in [-0.05, 0) is 48.4 Å². The van der Waals surface area contributed by atoms with Crippen LogP contribution in [-0.2, 0) is 32.6 Å². The molecule has 0 bridgehead atoms. The highest BCUT2D eigenvalue weighted by atomic mass is 35.5. The molecule has 0 radical (unpaired) electrons. The lowest BCUT2D eigenvalue weighted by Gasteiger charge is -2.33. The number of anilines is 1. The van der Waals surface area contributed by atoms with Crippen LogP contribution in [0.25, 0.3) is 0 Å². The second-order valence-corrected chi connectivity index (χ2v) is 11.9. The monoisotopic (exact) mass is 589 g/mol. The van der Waals surface area contributed by atoms with E-state index in [1.807, 2.05) is 37.3 Å². The van der Waals surface area contributed by atoms with Crippen LogP contribution >= 0.6 is 11.6 Å². The summed E-state index contributed by atoms with van der Waals surface area (Å²) in [6.07, 6.45) is 0.229. The van der Waals surface area contributed by atoms with E-state index < -0.39 is 28.5 Å². The van der Waals surface area contributed by atoms with Crippen molar-refractivity contribution in [2.75, 3.05) is 17.9 Å². The summed E-state index contributed by atoms with van der Waals surface area (Å²) in [5, 5.41) is 3.11. The highest BCUT2D eigenvalue weighted by molar-refractivity contribution is 7.92. The second-order valence-electron chi connectivity index (χ2n) is 9.59. The number of hydrogen-bond donors (Lipinski definition) is 1. The minimum Gasteiger partial charge on any atom is -0.357 e. The van der Waals surface area contributed by atoms with Crippen molar-refractivity contribution in [3.8, 4) is 0 Å². The summed E-state index contributed by atoms with van der Waals surface area (Å²) in [5.74, 6) is -0.920. The topological polar surface area (TPSA) is 86.8 Å². The van der Waals surface area contributed by atoms with Crippen LogP contribution in [0.3, 0.4) is 0 Å².